The van der Waals surface area contributed by atoms with Crippen molar-refractivity contribution in [3.63, 3.8) is 0 Å². The number of para-hydroxylation sites is 2. The summed E-state index contributed by atoms with van der Waals surface area (Å²) in [5, 5.41) is 23.1. The van der Waals surface area contributed by atoms with Crippen molar-refractivity contribution in [2.45, 2.75) is 139 Å². The Kier molecular flexibility index (Phi) is 22.9. The van der Waals surface area contributed by atoms with Gasteiger partial charge in [0.1, 0.15) is 0 Å². The average molecular weight is 827 g/mol. The molecular weight excluding hydrogens is 765 g/mol. The first-order valence-electron chi connectivity index (χ1n) is 19.9. The lowest BCUT2D eigenvalue weighted by molar-refractivity contribution is -0.388. The van der Waals surface area contributed by atoms with Crippen LogP contribution in [0.5, 0.6) is 0 Å². The second kappa shape index (κ2) is 26.4. The van der Waals surface area contributed by atoms with Crippen LogP contribution in [0.15, 0.2) is 58.3 Å². The van der Waals surface area contributed by atoms with E-state index in [4.69, 9.17) is 10.6 Å². The van der Waals surface area contributed by atoms with Crippen LogP contribution < -0.4 is 11.3 Å². The number of nitrogens with two attached hydrogens (primary N) is 1. The predicted molar refractivity (Wildman–Crippen MR) is 215 cm³/mol. The molecule has 0 aliphatic heterocycles. The molecule has 0 heterocycles. The van der Waals surface area contributed by atoms with Gasteiger partial charge in [-0.1, -0.05) is 109 Å². The zero-order chi connectivity index (χ0) is 41.4. The van der Waals surface area contributed by atoms with Gasteiger partial charge in [-0.2, -0.15) is 0 Å². The molecule has 0 aliphatic rings. The zero-order valence-corrected chi connectivity index (χ0v) is 34.7. The standard InChI is InChI=1S/C38H62N6O10S2/c1-3-5-7-9-10-13-23-33(22-12-8-6-4-2)32-54-38(45)28-14-11-19-29-40-42(56(52,53)37-27-18-16-25-35(37)44(48)49)31-21-20-30-41(39)55(50,51)36-26-17-15-24-34(36)43(46)47/h15-18,24-27,33,40H,3-14,19-23,28-32,39H2,1-2H3. The molecule has 0 saturated carbocycles. The summed E-state index contributed by atoms with van der Waals surface area (Å²) in [5.74, 6) is 5.93. The maximum atomic E-state index is 13.7. The van der Waals surface area contributed by atoms with E-state index in [2.05, 4.69) is 19.3 Å². The molecule has 316 valence electrons. The maximum Gasteiger partial charge on any atom is 0.305 e. The molecule has 1 unspecified atom stereocenters. The van der Waals surface area contributed by atoms with Crippen LogP contribution in [-0.2, 0) is 29.6 Å². The highest BCUT2D eigenvalue weighted by atomic mass is 32.2. The van der Waals surface area contributed by atoms with Crippen molar-refractivity contribution >= 4 is 37.4 Å². The van der Waals surface area contributed by atoms with Crippen LogP contribution in [0.2, 0.25) is 0 Å². The molecule has 0 aromatic heterocycles. The van der Waals surface area contributed by atoms with E-state index in [9.17, 15) is 41.9 Å². The van der Waals surface area contributed by atoms with E-state index in [-0.39, 0.29) is 44.9 Å². The van der Waals surface area contributed by atoms with Crippen molar-refractivity contribution in [1.82, 2.24) is 14.3 Å². The van der Waals surface area contributed by atoms with Gasteiger partial charge in [0.2, 0.25) is 0 Å². The number of rotatable bonds is 32. The van der Waals surface area contributed by atoms with Gasteiger partial charge in [-0.05, 0) is 56.6 Å². The van der Waals surface area contributed by atoms with E-state index < -0.39 is 51.1 Å². The Bertz CT molecular complexity index is 1710. The Morgan fingerprint density at radius 1 is 0.696 bits per heavy atom. The molecule has 0 bridgehead atoms. The smallest absolute Gasteiger partial charge is 0.305 e. The fourth-order valence-electron chi connectivity index (χ4n) is 6.27. The summed E-state index contributed by atoms with van der Waals surface area (Å²) in [6.45, 7) is 4.51. The van der Waals surface area contributed by atoms with Crippen LogP contribution in [0.1, 0.15) is 129 Å². The van der Waals surface area contributed by atoms with Crippen LogP contribution in [0.4, 0.5) is 11.4 Å². The topological polar surface area (TPSA) is 225 Å². The molecular formula is C38H62N6O10S2. The lowest BCUT2D eigenvalue weighted by atomic mass is 9.95. The van der Waals surface area contributed by atoms with Crippen LogP contribution in [0.3, 0.4) is 0 Å². The molecule has 0 aliphatic carbocycles. The van der Waals surface area contributed by atoms with Crippen molar-refractivity contribution in [3.8, 4) is 0 Å². The molecule has 0 radical (unpaired) electrons. The molecule has 2 rings (SSSR count). The van der Waals surface area contributed by atoms with E-state index in [1.807, 2.05) is 0 Å². The predicted octanol–water partition coefficient (Wildman–Crippen LogP) is 7.78. The summed E-state index contributed by atoms with van der Waals surface area (Å²) in [6.07, 6.45) is 16.1. The average Bonchev–Trinajstić information content (AvgIpc) is 3.18. The van der Waals surface area contributed by atoms with E-state index >= 15 is 0 Å². The van der Waals surface area contributed by atoms with Crippen molar-refractivity contribution in [2.24, 2.45) is 11.8 Å². The zero-order valence-electron chi connectivity index (χ0n) is 33.0. The van der Waals surface area contributed by atoms with Crippen LogP contribution in [-0.4, -0.2) is 67.7 Å². The SMILES string of the molecule is CCCCCCCCC(CCCCCC)COC(=O)CCCCCNN(CCCCN(N)S(=O)(=O)c1ccccc1[N+](=O)[O-])S(=O)(=O)c1ccccc1[N+](=O)[O-]. The van der Waals surface area contributed by atoms with Gasteiger partial charge in [0.25, 0.3) is 31.4 Å². The number of hydrazine groups is 2. The number of nitro groups is 2. The number of ether oxygens (including phenoxy) is 1. The van der Waals surface area contributed by atoms with Crippen LogP contribution in [0, 0.1) is 26.1 Å². The Hall–Kier alpha value is -3.55. The number of carbonyl (C=O) groups excluding carboxylic acids is 1. The minimum atomic E-state index is -4.44. The lowest BCUT2D eigenvalue weighted by Crippen LogP contribution is -2.44. The summed E-state index contributed by atoms with van der Waals surface area (Å²) >= 11 is 0. The number of unbranched alkanes of at least 4 members (excludes halogenated alkanes) is 11. The van der Waals surface area contributed by atoms with Crippen LogP contribution in [0.25, 0.3) is 0 Å². The molecule has 3 N–H and O–H groups in total. The number of nitrogens with zero attached hydrogens (tertiary/aromatic N) is 4. The van der Waals surface area contributed by atoms with Gasteiger partial charge < -0.3 is 4.74 Å². The second-order valence-electron chi connectivity index (χ2n) is 14.0. The lowest BCUT2D eigenvalue weighted by Gasteiger charge is -2.23. The van der Waals surface area contributed by atoms with Gasteiger partial charge in [0.05, 0.1) is 16.5 Å². The van der Waals surface area contributed by atoms with Crippen molar-refractivity contribution < 1.29 is 36.2 Å². The summed E-state index contributed by atoms with van der Waals surface area (Å²) in [7, 11) is -8.88. The van der Waals surface area contributed by atoms with Gasteiger partial charge >= 0.3 is 5.97 Å². The van der Waals surface area contributed by atoms with Gasteiger partial charge in [-0.15, -0.1) is 8.83 Å². The molecule has 56 heavy (non-hydrogen) atoms. The van der Waals surface area contributed by atoms with Gasteiger partial charge in [-0.3, -0.25) is 30.9 Å². The normalized spacial score (nSPS) is 12.6. The molecule has 0 fully saturated rings. The van der Waals surface area contributed by atoms with Crippen molar-refractivity contribution in [2.75, 3.05) is 26.2 Å². The molecule has 2 aromatic rings. The summed E-state index contributed by atoms with van der Waals surface area (Å²) < 4.78 is 60.4. The fraction of sp³-hybridized carbons (Fsp3) is 0.658. The quantitative estimate of drug-likeness (QED) is 0.0237. The number of hydrogen-bond acceptors (Lipinski definition) is 12. The Labute approximate surface area is 332 Å². The van der Waals surface area contributed by atoms with E-state index in [0.717, 1.165) is 54.4 Å². The van der Waals surface area contributed by atoms with Crippen LogP contribution >= 0.6 is 0 Å². The highest BCUT2D eigenvalue weighted by Gasteiger charge is 2.32. The molecule has 18 heteroatoms. The maximum absolute atomic E-state index is 13.7. The van der Waals surface area contributed by atoms with Gasteiger partial charge in [0, 0.05) is 38.2 Å². The van der Waals surface area contributed by atoms with Crippen molar-refractivity contribution in [3.05, 3.63) is 68.8 Å². The summed E-state index contributed by atoms with van der Waals surface area (Å²) in [6, 6.07) is 9.75. The number of hydrogen-bond donors (Lipinski definition) is 2. The number of carbonyl (C=O) groups is 1. The summed E-state index contributed by atoms with van der Waals surface area (Å²) in [5.41, 5.74) is 1.62. The highest BCUT2D eigenvalue weighted by Crippen LogP contribution is 2.27. The molecule has 2 aromatic carbocycles. The Balaban J connectivity index is 1.94. The molecule has 16 nitrogen and oxygen atoms in total. The van der Waals surface area contributed by atoms with E-state index in [1.165, 1.54) is 75.6 Å². The number of esters is 1. The Morgan fingerprint density at radius 2 is 1.18 bits per heavy atom. The van der Waals surface area contributed by atoms with E-state index in [1.54, 1.807) is 0 Å². The molecule has 0 spiro atoms. The Morgan fingerprint density at radius 3 is 1.75 bits per heavy atom. The minimum absolute atomic E-state index is 0.0572. The largest absolute Gasteiger partial charge is 0.465 e. The fourth-order valence-corrected chi connectivity index (χ4v) is 9.07. The third kappa shape index (κ3) is 16.9. The first-order valence-corrected chi connectivity index (χ1v) is 22.8. The minimum Gasteiger partial charge on any atom is -0.465 e. The molecule has 0 saturated heterocycles. The number of nitrogens with one attached hydrogen (secondary N) is 1. The number of nitro benzene ring substituents is 2. The van der Waals surface area contributed by atoms with Gasteiger partial charge in [-0.25, -0.2) is 22.3 Å². The third-order valence-electron chi connectivity index (χ3n) is 9.53. The van der Waals surface area contributed by atoms with E-state index in [0.29, 0.717) is 36.2 Å². The monoisotopic (exact) mass is 826 g/mol. The van der Waals surface area contributed by atoms with Gasteiger partial charge in [0.15, 0.2) is 9.79 Å². The molecule has 1 atom stereocenters. The number of sulfonamides is 2. The molecule has 0 amide bonds. The third-order valence-corrected chi connectivity index (χ3v) is 13.0. The first-order chi connectivity index (χ1) is 26.8. The number of benzene rings is 2. The van der Waals surface area contributed by atoms with Crippen molar-refractivity contribution in [1.29, 1.82) is 0 Å². The second-order valence-corrected chi connectivity index (χ2v) is 17.7. The first kappa shape index (κ1) is 48.6. The summed E-state index contributed by atoms with van der Waals surface area (Å²) in [4.78, 5) is 33.0. The highest BCUT2D eigenvalue weighted by molar-refractivity contribution is 7.89.